The molecule has 1 rings (SSSR count). The molecule has 1 aliphatic rings. The van der Waals surface area contributed by atoms with Gasteiger partial charge in [-0.25, -0.2) is 0 Å². The van der Waals surface area contributed by atoms with Crippen molar-refractivity contribution in [3.8, 4) is 0 Å². The van der Waals surface area contributed by atoms with Gasteiger partial charge in [0.25, 0.3) is 0 Å². The summed E-state index contributed by atoms with van der Waals surface area (Å²) in [4.78, 5) is 0. The Bertz CT molecular complexity index is 18.8. The summed E-state index contributed by atoms with van der Waals surface area (Å²) in [7, 11) is 0. The van der Waals surface area contributed by atoms with Crippen molar-refractivity contribution in [1.82, 2.24) is 0 Å². The highest BCUT2D eigenvalue weighted by molar-refractivity contribution is 6.17. The van der Waals surface area contributed by atoms with Gasteiger partial charge in [-0.2, -0.15) is 0 Å². The third-order valence-corrected chi connectivity index (χ3v) is 0.204. The number of alkyl halides is 1. The molecule has 0 aromatic heterocycles. The molecule has 0 radical (unpaired) electrons. The zero-order valence-corrected chi connectivity index (χ0v) is 4.66. The van der Waals surface area contributed by atoms with E-state index >= 15 is 0 Å². The first kappa shape index (κ1) is 6.25. The molecule has 1 nitrogen and oxygen atoms in total. The lowest BCUT2D eigenvalue weighted by atomic mass is 11.0. The van der Waals surface area contributed by atoms with Crippen LogP contribution in [0.5, 0.6) is 0 Å². The molecule has 0 unspecified atom stereocenters. The summed E-state index contributed by atoms with van der Waals surface area (Å²) >= 11 is 5.00. The van der Waals surface area contributed by atoms with Crippen LogP contribution < -0.4 is 0 Å². The van der Waals surface area contributed by atoms with Crippen LogP contribution in [0.15, 0.2) is 0 Å². The molecule has 0 aromatic rings. The first-order valence-electron chi connectivity index (χ1n) is 2.05. The van der Waals surface area contributed by atoms with Crippen molar-refractivity contribution < 1.29 is 4.74 Å². The average Bonchev–Trinajstić information content (AvgIpc) is 2.11. The van der Waals surface area contributed by atoms with Crippen molar-refractivity contribution >= 4 is 11.6 Å². The van der Waals surface area contributed by atoms with E-state index in [1.165, 1.54) is 0 Å². The number of rotatable bonds is 0. The molecule has 0 amide bonds. The van der Waals surface area contributed by atoms with Crippen LogP contribution in [-0.2, 0) is 4.74 Å². The monoisotopic (exact) mass is 108 g/mol. The van der Waals surface area contributed by atoms with Crippen molar-refractivity contribution in [3.05, 3.63) is 0 Å². The van der Waals surface area contributed by atoms with Gasteiger partial charge in [0.05, 0.1) is 13.2 Å². The van der Waals surface area contributed by atoms with E-state index in [1.807, 2.05) is 6.92 Å². The van der Waals surface area contributed by atoms with E-state index in [0.29, 0.717) is 0 Å². The molecule has 0 aliphatic carbocycles. The molecule has 1 saturated heterocycles. The molecule has 0 spiro atoms. The quantitative estimate of drug-likeness (QED) is 0.336. The second-order valence-electron chi connectivity index (χ2n) is 0.880. The van der Waals surface area contributed by atoms with E-state index in [4.69, 9.17) is 11.6 Å². The Labute approximate surface area is 43.3 Å². The smallest absolute Gasteiger partial charge is 0.0701 e. The number of halogens is 1. The molecule has 38 valence electrons. The van der Waals surface area contributed by atoms with Crippen LogP contribution in [0.2, 0.25) is 0 Å². The van der Waals surface area contributed by atoms with E-state index in [0.717, 1.165) is 19.1 Å². The van der Waals surface area contributed by atoms with E-state index in [9.17, 15) is 0 Å². The SMILES string of the molecule is C1CO1.CCCl. The van der Waals surface area contributed by atoms with E-state index < -0.39 is 0 Å². The van der Waals surface area contributed by atoms with Crippen molar-refractivity contribution in [3.63, 3.8) is 0 Å². The average molecular weight is 109 g/mol. The van der Waals surface area contributed by atoms with Crippen molar-refractivity contribution in [2.24, 2.45) is 0 Å². The highest BCUT2D eigenvalue weighted by atomic mass is 35.5. The highest BCUT2D eigenvalue weighted by Crippen LogP contribution is 1.84. The summed E-state index contributed by atoms with van der Waals surface area (Å²) in [5, 5.41) is 0. The van der Waals surface area contributed by atoms with Gasteiger partial charge in [-0.15, -0.1) is 11.6 Å². The van der Waals surface area contributed by atoms with Gasteiger partial charge in [-0.1, -0.05) is 6.92 Å². The van der Waals surface area contributed by atoms with Gasteiger partial charge in [0.1, 0.15) is 0 Å². The molecule has 0 N–H and O–H groups in total. The predicted octanol–water partition coefficient (Wildman–Crippen LogP) is 1.26. The van der Waals surface area contributed by atoms with Crippen LogP contribution in [0.25, 0.3) is 0 Å². The summed E-state index contributed by atoms with van der Waals surface area (Å²) < 4.78 is 4.50. The van der Waals surface area contributed by atoms with Gasteiger partial charge in [0, 0.05) is 5.88 Å². The van der Waals surface area contributed by atoms with Crippen LogP contribution in [0.1, 0.15) is 6.92 Å². The summed E-state index contributed by atoms with van der Waals surface area (Å²) in [6.07, 6.45) is 0. The fraction of sp³-hybridized carbons (Fsp3) is 1.00. The molecule has 0 aromatic carbocycles. The lowest BCUT2D eigenvalue weighted by molar-refractivity contribution is 0.475. The highest BCUT2D eigenvalue weighted by Gasteiger charge is 1.94. The Morgan fingerprint density at radius 1 is 1.67 bits per heavy atom. The van der Waals surface area contributed by atoms with Crippen molar-refractivity contribution in [2.45, 2.75) is 6.92 Å². The van der Waals surface area contributed by atoms with Crippen molar-refractivity contribution in [1.29, 1.82) is 0 Å². The third kappa shape index (κ3) is 28.7. The summed E-state index contributed by atoms with van der Waals surface area (Å²) in [6.45, 7) is 3.89. The number of hydrogen-bond acceptors (Lipinski definition) is 1. The molecule has 0 saturated carbocycles. The molecule has 1 fully saturated rings. The molecule has 6 heavy (non-hydrogen) atoms. The Balaban J connectivity index is 0.0000000833. The normalized spacial score (nSPS) is 15.0. The van der Waals surface area contributed by atoms with Gasteiger partial charge in [0.2, 0.25) is 0 Å². The van der Waals surface area contributed by atoms with Gasteiger partial charge in [-0.3, -0.25) is 0 Å². The number of epoxide rings is 1. The number of ether oxygens (including phenoxy) is 1. The second kappa shape index (κ2) is 5.25. The third-order valence-electron chi connectivity index (χ3n) is 0.204. The molecule has 1 heterocycles. The number of hydrogen-bond donors (Lipinski definition) is 0. The minimum absolute atomic E-state index is 0.722. The molecule has 2 heteroatoms. The predicted molar refractivity (Wildman–Crippen MR) is 27.2 cm³/mol. The lowest BCUT2D eigenvalue weighted by Crippen LogP contribution is -1.36. The fourth-order valence-corrected chi connectivity index (χ4v) is 0. The van der Waals surface area contributed by atoms with Gasteiger partial charge >= 0.3 is 0 Å². The molecule has 1 aliphatic heterocycles. The van der Waals surface area contributed by atoms with E-state index in [1.54, 1.807) is 0 Å². The maximum absolute atomic E-state index is 5.00. The molecular formula is C4H9ClO. The van der Waals surface area contributed by atoms with Gasteiger partial charge < -0.3 is 4.74 Å². The van der Waals surface area contributed by atoms with Crippen LogP contribution in [0.4, 0.5) is 0 Å². The van der Waals surface area contributed by atoms with Crippen LogP contribution in [-0.4, -0.2) is 19.1 Å². The lowest BCUT2D eigenvalue weighted by Gasteiger charge is -1.45. The molecule has 0 bridgehead atoms. The first-order chi connectivity index (χ1) is 2.91. The maximum Gasteiger partial charge on any atom is 0.0701 e. The zero-order chi connectivity index (χ0) is 4.83. The summed E-state index contributed by atoms with van der Waals surface area (Å²) in [6, 6.07) is 0. The van der Waals surface area contributed by atoms with E-state index in [-0.39, 0.29) is 0 Å². The van der Waals surface area contributed by atoms with Crippen LogP contribution >= 0.6 is 11.6 Å². The van der Waals surface area contributed by atoms with Crippen molar-refractivity contribution in [2.75, 3.05) is 19.1 Å². The minimum atomic E-state index is 0.722. The first-order valence-corrected chi connectivity index (χ1v) is 2.59. The van der Waals surface area contributed by atoms with Gasteiger partial charge in [0.15, 0.2) is 0 Å². The Morgan fingerprint density at radius 3 is 1.83 bits per heavy atom. The fourth-order valence-electron chi connectivity index (χ4n) is 0. The maximum atomic E-state index is 5.00. The zero-order valence-electron chi connectivity index (χ0n) is 3.91. The van der Waals surface area contributed by atoms with Crippen LogP contribution in [0.3, 0.4) is 0 Å². The summed E-state index contributed by atoms with van der Waals surface area (Å²) in [5.74, 6) is 0.722. The Kier molecular flexibility index (Phi) is 5.47. The largest absolute Gasteiger partial charge is 0.377 e. The Hall–Kier alpha value is 0.250. The second-order valence-corrected chi connectivity index (χ2v) is 1.41. The standard InChI is InChI=1S/C2H5Cl.C2H4O/c1-2-3;1-2-3-1/h2H2,1H3;1-2H2. The summed E-state index contributed by atoms with van der Waals surface area (Å²) in [5.41, 5.74) is 0. The van der Waals surface area contributed by atoms with Gasteiger partial charge in [-0.05, 0) is 0 Å². The molecule has 0 atom stereocenters. The minimum Gasteiger partial charge on any atom is -0.377 e. The Morgan fingerprint density at radius 2 is 1.83 bits per heavy atom. The molecular weight excluding hydrogens is 99.5 g/mol. The van der Waals surface area contributed by atoms with Crippen LogP contribution in [0, 0.1) is 0 Å². The van der Waals surface area contributed by atoms with E-state index in [2.05, 4.69) is 4.74 Å². The topological polar surface area (TPSA) is 12.5 Å².